The number of anilines is 1. The summed E-state index contributed by atoms with van der Waals surface area (Å²) in [6.45, 7) is 2.11. The number of hydrogen-bond donors (Lipinski definition) is 1. The number of nitrogens with one attached hydrogen (secondary N) is 1. The fourth-order valence-electron chi connectivity index (χ4n) is 2.45. The Kier molecular flexibility index (Phi) is 3.48. The summed E-state index contributed by atoms with van der Waals surface area (Å²) in [7, 11) is 2.00. The molecule has 0 saturated carbocycles. The molecule has 0 bridgehead atoms. The van der Waals surface area contributed by atoms with Crippen molar-refractivity contribution in [3.8, 4) is 0 Å². The van der Waals surface area contributed by atoms with Gasteiger partial charge in [0.1, 0.15) is 0 Å². The van der Waals surface area contributed by atoms with Crippen molar-refractivity contribution in [3.05, 3.63) is 65.9 Å². The molecule has 3 aromatic rings. The fourth-order valence-corrected chi connectivity index (χ4v) is 2.45. The standard InChI is InChI=1S/C18H18N2O/c1-3-13-4-7-16(8-5-13)19-18(21)15-6-9-17-14(12-15)10-11-20(17)2/h4-12H,3H2,1-2H3,(H,19,21). The van der Waals surface area contributed by atoms with Gasteiger partial charge in [-0.25, -0.2) is 0 Å². The van der Waals surface area contributed by atoms with Gasteiger partial charge in [-0.3, -0.25) is 4.79 Å². The van der Waals surface area contributed by atoms with E-state index in [-0.39, 0.29) is 5.91 Å². The first-order valence-corrected chi connectivity index (χ1v) is 7.13. The van der Waals surface area contributed by atoms with Crippen LogP contribution >= 0.6 is 0 Å². The molecule has 0 spiro atoms. The van der Waals surface area contributed by atoms with Gasteiger partial charge < -0.3 is 9.88 Å². The molecule has 0 saturated heterocycles. The maximum atomic E-state index is 12.3. The second-order valence-electron chi connectivity index (χ2n) is 5.20. The van der Waals surface area contributed by atoms with E-state index in [4.69, 9.17) is 0 Å². The van der Waals surface area contributed by atoms with E-state index in [0.29, 0.717) is 5.56 Å². The molecular weight excluding hydrogens is 260 g/mol. The van der Waals surface area contributed by atoms with Crippen LogP contribution in [0.15, 0.2) is 54.7 Å². The number of rotatable bonds is 3. The second kappa shape index (κ2) is 5.44. The maximum absolute atomic E-state index is 12.3. The molecule has 1 amide bonds. The van der Waals surface area contributed by atoms with E-state index in [1.807, 2.05) is 66.3 Å². The Bertz CT molecular complexity index is 785. The number of nitrogens with zero attached hydrogens (tertiary/aromatic N) is 1. The maximum Gasteiger partial charge on any atom is 0.255 e. The normalized spacial score (nSPS) is 10.8. The monoisotopic (exact) mass is 278 g/mol. The van der Waals surface area contributed by atoms with Crippen LogP contribution in [0.5, 0.6) is 0 Å². The number of aromatic nitrogens is 1. The molecule has 0 atom stereocenters. The highest BCUT2D eigenvalue weighted by molar-refractivity contribution is 6.06. The number of aryl methyl sites for hydroxylation is 2. The summed E-state index contributed by atoms with van der Waals surface area (Å²) < 4.78 is 2.04. The average molecular weight is 278 g/mol. The van der Waals surface area contributed by atoms with Crippen LogP contribution < -0.4 is 5.32 Å². The highest BCUT2D eigenvalue weighted by Gasteiger charge is 2.08. The van der Waals surface area contributed by atoms with Crippen molar-refractivity contribution in [3.63, 3.8) is 0 Å². The summed E-state index contributed by atoms with van der Waals surface area (Å²) in [6, 6.07) is 15.7. The zero-order chi connectivity index (χ0) is 14.8. The van der Waals surface area contributed by atoms with Crippen LogP contribution in [0.4, 0.5) is 5.69 Å². The van der Waals surface area contributed by atoms with Gasteiger partial charge in [0, 0.05) is 35.4 Å². The van der Waals surface area contributed by atoms with E-state index in [9.17, 15) is 4.79 Å². The molecule has 0 aliphatic heterocycles. The van der Waals surface area contributed by atoms with Gasteiger partial charge in [-0.05, 0) is 48.4 Å². The molecule has 3 heteroatoms. The molecule has 0 aliphatic carbocycles. The summed E-state index contributed by atoms with van der Waals surface area (Å²) in [5, 5.41) is 4.01. The third kappa shape index (κ3) is 2.68. The number of fused-ring (bicyclic) bond motifs is 1. The molecular formula is C18H18N2O. The predicted octanol–water partition coefficient (Wildman–Crippen LogP) is 3.99. The molecule has 0 unspecified atom stereocenters. The minimum atomic E-state index is -0.0787. The van der Waals surface area contributed by atoms with Crippen LogP contribution in [-0.4, -0.2) is 10.5 Å². The number of carbonyl (C=O) groups excluding carboxylic acids is 1. The second-order valence-corrected chi connectivity index (χ2v) is 5.20. The minimum Gasteiger partial charge on any atom is -0.351 e. The minimum absolute atomic E-state index is 0.0787. The van der Waals surface area contributed by atoms with Crippen molar-refractivity contribution in [2.45, 2.75) is 13.3 Å². The van der Waals surface area contributed by atoms with Gasteiger partial charge >= 0.3 is 0 Å². The Labute approximate surface area is 124 Å². The van der Waals surface area contributed by atoms with E-state index in [1.165, 1.54) is 5.56 Å². The SMILES string of the molecule is CCc1ccc(NC(=O)c2ccc3c(ccn3C)c2)cc1. The lowest BCUT2D eigenvalue weighted by molar-refractivity contribution is 0.102. The first-order valence-electron chi connectivity index (χ1n) is 7.13. The zero-order valence-electron chi connectivity index (χ0n) is 12.3. The van der Waals surface area contributed by atoms with E-state index in [0.717, 1.165) is 23.0 Å². The molecule has 1 N–H and O–H groups in total. The first-order chi connectivity index (χ1) is 10.2. The van der Waals surface area contributed by atoms with Crippen LogP contribution in [0.25, 0.3) is 10.9 Å². The number of benzene rings is 2. The number of carbonyl (C=O) groups is 1. The molecule has 106 valence electrons. The van der Waals surface area contributed by atoms with Crippen LogP contribution in [0.3, 0.4) is 0 Å². The molecule has 0 radical (unpaired) electrons. The Hall–Kier alpha value is -2.55. The van der Waals surface area contributed by atoms with Crippen molar-refractivity contribution in [1.82, 2.24) is 4.57 Å². The summed E-state index contributed by atoms with van der Waals surface area (Å²) in [5.74, 6) is -0.0787. The van der Waals surface area contributed by atoms with E-state index in [1.54, 1.807) is 0 Å². The molecule has 1 aromatic heterocycles. The van der Waals surface area contributed by atoms with Crippen molar-refractivity contribution in [2.75, 3.05) is 5.32 Å². The summed E-state index contributed by atoms with van der Waals surface area (Å²) in [6.07, 6.45) is 2.99. The van der Waals surface area contributed by atoms with Crippen molar-refractivity contribution >= 4 is 22.5 Å². The summed E-state index contributed by atoms with van der Waals surface area (Å²) in [4.78, 5) is 12.3. The summed E-state index contributed by atoms with van der Waals surface area (Å²) in [5.41, 5.74) is 3.89. The van der Waals surface area contributed by atoms with Crippen LogP contribution in [0.2, 0.25) is 0 Å². The highest BCUT2D eigenvalue weighted by Crippen LogP contribution is 2.18. The van der Waals surface area contributed by atoms with Crippen LogP contribution in [0.1, 0.15) is 22.8 Å². The zero-order valence-corrected chi connectivity index (χ0v) is 12.3. The molecule has 21 heavy (non-hydrogen) atoms. The quantitative estimate of drug-likeness (QED) is 0.772. The lowest BCUT2D eigenvalue weighted by Gasteiger charge is -2.06. The molecule has 1 heterocycles. The van der Waals surface area contributed by atoms with Gasteiger partial charge in [-0.15, -0.1) is 0 Å². The van der Waals surface area contributed by atoms with Crippen molar-refractivity contribution in [1.29, 1.82) is 0 Å². The predicted molar refractivity (Wildman–Crippen MR) is 86.7 cm³/mol. The van der Waals surface area contributed by atoms with Gasteiger partial charge in [0.05, 0.1) is 0 Å². The van der Waals surface area contributed by atoms with Crippen molar-refractivity contribution in [2.24, 2.45) is 7.05 Å². The molecule has 3 nitrogen and oxygen atoms in total. The van der Waals surface area contributed by atoms with Crippen molar-refractivity contribution < 1.29 is 4.79 Å². The Morgan fingerprint density at radius 3 is 2.57 bits per heavy atom. The van der Waals surface area contributed by atoms with Gasteiger partial charge in [-0.1, -0.05) is 19.1 Å². The Morgan fingerprint density at radius 1 is 1.10 bits per heavy atom. The molecule has 3 rings (SSSR count). The van der Waals surface area contributed by atoms with Gasteiger partial charge in [0.15, 0.2) is 0 Å². The largest absolute Gasteiger partial charge is 0.351 e. The van der Waals surface area contributed by atoms with E-state index in [2.05, 4.69) is 12.2 Å². The number of hydrogen-bond acceptors (Lipinski definition) is 1. The lowest BCUT2D eigenvalue weighted by atomic mass is 10.1. The Balaban J connectivity index is 1.82. The molecule has 0 aliphatic rings. The average Bonchev–Trinajstić information content (AvgIpc) is 2.89. The summed E-state index contributed by atoms with van der Waals surface area (Å²) >= 11 is 0. The smallest absolute Gasteiger partial charge is 0.255 e. The van der Waals surface area contributed by atoms with Crippen LogP contribution in [-0.2, 0) is 13.5 Å². The third-order valence-corrected chi connectivity index (χ3v) is 3.77. The molecule has 0 fully saturated rings. The highest BCUT2D eigenvalue weighted by atomic mass is 16.1. The lowest BCUT2D eigenvalue weighted by Crippen LogP contribution is -2.11. The van der Waals surface area contributed by atoms with E-state index >= 15 is 0 Å². The van der Waals surface area contributed by atoms with Gasteiger partial charge in [-0.2, -0.15) is 0 Å². The Morgan fingerprint density at radius 2 is 1.86 bits per heavy atom. The van der Waals surface area contributed by atoms with Gasteiger partial charge in [0.2, 0.25) is 0 Å². The fraction of sp³-hybridized carbons (Fsp3) is 0.167. The van der Waals surface area contributed by atoms with Gasteiger partial charge in [0.25, 0.3) is 5.91 Å². The third-order valence-electron chi connectivity index (χ3n) is 3.77. The topological polar surface area (TPSA) is 34.0 Å². The van der Waals surface area contributed by atoms with E-state index < -0.39 is 0 Å². The molecule has 2 aromatic carbocycles. The number of amides is 1. The van der Waals surface area contributed by atoms with Crippen LogP contribution in [0, 0.1) is 0 Å². The first kappa shape index (κ1) is 13.4.